The number of rotatable bonds is 7. The number of hydrogen-bond donors (Lipinski definition) is 2. The molecule has 3 aromatic rings. The fourth-order valence-corrected chi connectivity index (χ4v) is 2.69. The Bertz CT molecular complexity index is 862. The van der Waals surface area contributed by atoms with E-state index in [0.717, 1.165) is 30.4 Å². The molecule has 1 aromatic heterocycles. The standard InChI is InChI=1S/C21H25N5O.HI/c1-22-21(24-14-17-8-10-20(27-2)11-9-17)23-13-12-18-15-25-26(16-18)19-6-4-3-5-7-19;/h3-11,15-16H,12-14H2,1-2H3,(H2,22,23,24);1H. The van der Waals surface area contributed by atoms with Gasteiger partial charge < -0.3 is 15.4 Å². The lowest BCUT2D eigenvalue weighted by atomic mass is 10.2. The van der Waals surface area contributed by atoms with Gasteiger partial charge in [0.05, 0.1) is 19.0 Å². The first-order valence-corrected chi connectivity index (χ1v) is 8.95. The van der Waals surface area contributed by atoms with Gasteiger partial charge in [-0.05, 0) is 41.8 Å². The van der Waals surface area contributed by atoms with Crippen LogP contribution in [-0.2, 0) is 13.0 Å². The number of hydrogen-bond acceptors (Lipinski definition) is 3. The highest BCUT2D eigenvalue weighted by molar-refractivity contribution is 14.0. The van der Waals surface area contributed by atoms with Crippen LogP contribution in [0.3, 0.4) is 0 Å². The van der Waals surface area contributed by atoms with Crippen molar-refractivity contribution in [3.63, 3.8) is 0 Å². The van der Waals surface area contributed by atoms with Crippen LogP contribution >= 0.6 is 24.0 Å². The van der Waals surface area contributed by atoms with Gasteiger partial charge in [-0.25, -0.2) is 4.68 Å². The van der Waals surface area contributed by atoms with Crippen LogP contribution in [0.1, 0.15) is 11.1 Å². The molecule has 0 bridgehead atoms. The molecule has 0 unspecified atom stereocenters. The van der Waals surface area contributed by atoms with Crippen LogP contribution in [0.25, 0.3) is 5.69 Å². The monoisotopic (exact) mass is 491 g/mol. The zero-order valence-corrected chi connectivity index (χ0v) is 18.5. The number of ether oxygens (including phenoxy) is 1. The van der Waals surface area contributed by atoms with Gasteiger partial charge in [0.15, 0.2) is 5.96 Å². The molecule has 0 aliphatic carbocycles. The average Bonchev–Trinajstić information content (AvgIpc) is 3.20. The second-order valence-corrected chi connectivity index (χ2v) is 6.08. The summed E-state index contributed by atoms with van der Waals surface area (Å²) in [6, 6.07) is 18.1. The predicted molar refractivity (Wildman–Crippen MR) is 124 cm³/mol. The maximum Gasteiger partial charge on any atom is 0.191 e. The largest absolute Gasteiger partial charge is 0.497 e. The van der Waals surface area contributed by atoms with Crippen molar-refractivity contribution in [2.24, 2.45) is 4.99 Å². The number of guanidine groups is 1. The van der Waals surface area contributed by atoms with E-state index in [0.29, 0.717) is 6.54 Å². The molecule has 28 heavy (non-hydrogen) atoms. The van der Waals surface area contributed by atoms with Crippen molar-refractivity contribution in [2.45, 2.75) is 13.0 Å². The lowest BCUT2D eigenvalue weighted by Gasteiger charge is -2.11. The molecule has 1 heterocycles. The van der Waals surface area contributed by atoms with Crippen LogP contribution in [0.4, 0.5) is 0 Å². The van der Waals surface area contributed by atoms with Gasteiger partial charge in [-0.2, -0.15) is 5.10 Å². The van der Waals surface area contributed by atoms with Crippen molar-refractivity contribution < 1.29 is 4.74 Å². The maximum absolute atomic E-state index is 5.18. The van der Waals surface area contributed by atoms with Crippen molar-refractivity contribution in [1.29, 1.82) is 0 Å². The summed E-state index contributed by atoms with van der Waals surface area (Å²) in [6.07, 6.45) is 4.84. The topological polar surface area (TPSA) is 63.5 Å². The highest BCUT2D eigenvalue weighted by Gasteiger charge is 2.02. The van der Waals surface area contributed by atoms with Crippen molar-refractivity contribution in [1.82, 2.24) is 20.4 Å². The summed E-state index contributed by atoms with van der Waals surface area (Å²) in [5.41, 5.74) is 3.41. The molecule has 6 nitrogen and oxygen atoms in total. The number of para-hydroxylation sites is 1. The molecule has 7 heteroatoms. The van der Waals surface area contributed by atoms with E-state index < -0.39 is 0 Å². The van der Waals surface area contributed by atoms with Crippen LogP contribution in [0.2, 0.25) is 0 Å². The molecule has 0 saturated carbocycles. The van der Waals surface area contributed by atoms with Crippen LogP contribution in [0, 0.1) is 0 Å². The third kappa shape index (κ3) is 6.26. The SMILES string of the molecule is CN=C(NCCc1cnn(-c2ccccc2)c1)NCc1ccc(OC)cc1.I. The van der Waals surface area contributed by atoms with Gasteiger partial charge >= 0.3 is 0 Å². The molecule has 0 amide bonds. The van der Waals surface area contributed by atoms with E-state index in [9.17, 15) is 0 Å². The molecule has 3 rings (SSSR count). The van der Waals surface area contributed by atoms with Crippen molar-refractivity contribution in [3.05, 3.63) is 78.1 Å². The number of methoxy groups -OCH3 is 1. The van der Waals surface area contributed by atoms with E-state index in [1.807, 2.05) is 65.5 Å². The minimum atomic E-state index is 0. The number of nitrogens with one attached hydrogen (secondary N) is 2. The number of halogens is 1. The van der Waals surface area contributed by atoms with E-state index in [1.54, 1.807) is 14.2 Å². The minimum absolute atomic E-state index is 0. The summed E-state index contributed by atoms with van der Waals surface area (Å²) in [6.45, 7) is 1.48. The number of aliphatic imine (C=N–C) groups is 1. The zero-order chi connectivity index (χ0) is 18.9. The highest BCUT2D eigenvalue weighted by Crippen LogP contribution is 2.11. The van der Waals surface area contributed by atoms with Gasteiger partial charge in [-0.15, -0.1) is 24.0 Å². The van der Waals surface area contributed by atoms with Crippen LogP contribution in [0.5, 0.6) is 5.75 Å². The second kappa shape index (κ2) is 11.3. The zero-order valence-electron chi connectivity index (χ0n) is 16.1. The van der Waals surface area contributed by atoms with Gasteiger partial charge in [0, 0.05) is 26.3 Å². The lowest BCUT2D eigenvalue weighted by molar-refractivity contribution is 0.414. The number of nitrogens with zero attached hydrogens (tertiary/aromatic N) is 3. The van der Waals surface area contributed by atoms with Crippen molar-refractivity contribution in [3.8, 4) is 11.4 Å². The van der Waals surface area contributed by atoms with Gasteiger partial charge in [-0.1, -0.05) is 30.3 Å². The Morgan fingerprint density at radius 1 is 1.04 bits per heavy atom. The number of aromatic nitrogens is 2. The summed E-state index contributed by atoms with van der Waals surface area (Å²) in [7, 11) is 3.44. The normalized spacial score (nSPS) is 10.9. The Hall–Kier alpha value is -2.55. The summed E-state index contributed by atoms with van der Waals surface area (Å²) < 4.78 is 7.07. The molecule has 2 aromatic carbocycles. The van der Waals surface area contributed by atoms with E-state index in [4.69, 9.17) is 4.74 Å². The minimum Gasteiger partial charge on any atom is -0.497 e. The van der Waals surface area contributed by atoms with Gasteiger partial charge in [-0.3, -0.25) is 4.99 Å². The molecule has 0 aliphatic heterocycles. The molecular formula is C21H26IN5O. The van der Waals surface area contributed by atoms with Gasteiger partial charge in [0.25, 0.3) is 0 Å². The van der Waals surface area contributed by atoms with Crippen LogP contribution in [-0.4, -0.2) is 36.4 Å². The highest BCUT2D eigenvalue weighted by atomic mass is 127. The first kappa shape index (κ1) is 21.7. The van der Waals surface area contributed by atoms with Crippen LogP contribution in [0.15, 0.2) is 72.0 Å². The third-order valence-corrected chi connectivity index (χ3v) is 4.21. The first-order valence-electron chi connectivity index (χ1n) is 8.95. The predicted octanol–water partition coefficient (Wildman–Crippen LogP) is 3.41. The molecule has 148 valence electrons. The second-order valence-electron chi connectivity index (χ2n) is 6.08. The molecule has 0 fully saturated rings. The van der Waals surface area contributed by atoms with Crippen molar-refractivity contribution >= 4 is 29.9 Å². The Kier molecular flexibility index (Phi) is 8.80. The number of benzene rings is 2. The van der Waals surface area contributed by atoms with E-state index in [1.165, 1.54) is 11.1 Å². The Morgan fingerprint density at radius 3 is 2.46 bits per heavy atom. The lowest BCUT2D eigenvalue weighted by Crippen LogP contribution is -2.37. The molecule has 0 aliphatic rings. The Labute approximate surface area is 183 Å². The van der Waals surface area contributed by atoms with Gasteiger partial charge in [0.1, 0.15) is 5.75 Å². The third-order valence-electron chi connectivity index (χ3n) is 4.21. The molecule has 0 spiro atoms. The quantitative estimate of drug-likeness (QED) is 0.302. The average molecular weight is 491 g/mol. The summed E-state index contributed by atoms with van der Waals surface area (Å²) in [5.74, 6) is 1.64. The Balaban J connectivity index is 0.00000280. The first-order chi connectivity index (χ1) is 13.3. The fourth-order valence-electron chi connectivity index (χ4n) is 2.69. The fraction of sp³-hybridized carbons (Fsp3) is 0.238. The van der Waals surface area contributed by atoms with Crippen LogP contribution < -0.4 is 15.4 Å². The molecule has 2 N–H and O–H groups in total. The Morgan fingerprint density at radius 2 is 1.79 bits per heavy atom. The summed E-state index contributed by atoms with van der Waals surface area (Å²) >= 11 is 0. The molecule has 0 atom stereocenters. The molecular weight excluding hydrogens is 465 g/mol. The van der Waals surface area contributed by atoms with Gasteiger partial charge in [0.2, 0.25) is 0 Å². The van der Waals surface area contributed by atoms with E-state index in [-0.39, 0.29) is 24.0 Å². The molecule has 0 radical (unpaired) electrons. The van der Waals surface area contributed by atoms with E-state index >= 15 is 0 Å². The molecule has 0 saturated heterocycles. The smallest absolute Gasteiger partial charge is 0.191 e. The van der Waals surface area contributed by atoms with Crippen molar-refractivity contribution in [2.75, 3.05) is 20.7 Å². The summed E-state index contributed by atoms with van der Waals surface area (Å²) in [5, 5.41) is 11.1. The summed E-state index contributed by atoms with van der Waals surface area (Å²) in [4.78, 5) is 4.27. The maximum atomic E-state index is 5.18. The van der Waals surface area contributed by atoms with E-state index in [2.05, 4.69) is 26.9 Å².